The van der Waals surface area contributed by atoms with Gasteiger partial charge in [-0.1, -0.05) is 0 Å². The molecule has 1 amide bonds. The predicted octanol–water partition coefficient (Wildman–Crippen LogP) is 1.77. The van der Waals surface area contributed by atoms with Crippen molar-refractivity contribution in [1.29, 1.82) is 0 Å². The Balaban J connectivity index is 2.01. The molecule has 8 heteroatoms. The summed E-state index contributed by atoms with van der Waals surface area (Å²) in [4.78, 5) is 22.0. The van der Waals surface area contributed by atoms with Crippen LogP contribution in [0.1, 0.15) is 6.42 Å². The van der Waals surface area contributed by atoms with Crippen LogP contribution < -0.4 is 10.6 Å². The average Bonchev–Trinajstić information content (AvgIpc) is 2.41. The van der Waals surface area contributed by atoms with Crippen LogP contribution in [-0.2, 0) is 4.79 Å². The van der Waals surface area contributed by atoms with Gasteiger partial charge in [0, 0.05) is 30.5 Å². The van der Waals surface area contributed by atoms with Crippen molar-refractivity contribution in [2.45, 2.75) is 12.5 Å². The average molecular weight is 299 g/mol. The Kier molecular flexibility index (Phi) is 4.91. The fraction of sp³-hybridized carbons (Fsp3) is 0.417. The Morgan fingerprint density at radius 2 is 2.40 bits per heavy atom. The molecule has 0 saturated carbocycles. The largest absolute Gasteiger partial charge is 0.320 e. The van der Waals surface area contributed by atoms with E-state index in [1.807, 2.05) is 0 Å². The van der Waals surface area contributed by atoms with Gasteiger partial charge in [0.1, 0.15) is 11.5 Å². The summed E-state index contributed by atoms with van der Waals surface area (Å²) in [5.74, 6) is 0.820. The molecule has 1 aromatic carbocycles. The number of nitrogens with zero attached hydrogens (tertiary/aromatic N) is 1. The van der Waals surface area contributed by atoms with Crippen molar-refractivity contribution in [1.82, 2.24) is 5.32 Å². The van der Waals surface area contributed by atoms with E-state index >= 15 is 0 Å². The number of carbonyl (C=O) groups is 1. The van der Waals surface area contributed by atoms with Gasteiger partial charge in [-0.05, 0) is 12.1 Å². The number of benzene rings is 1. The number of halogens is 1. The lowest BCUT2D eigenvalue weighted by Gasteiger charge is -2.22. The normalized spacial score (nSPS) is 18.6. The van der Waals surface area contributed by atoms with Crippen molar-refractivity contribution in [3.63, 3.8) is 0 Å². The van der Waals surface area contributed by atoms with Crippen molar-refractivity contribution >= 4 is 29.0 Å². The molecule has 0 spiro atoms. The summed E-state index contributed by atoms with van der Waals surface area (Å²) in [5, 5.41) is 16.5. The van der Waals surface area contributed by atoms with Gasteiger partial charge in [-0.15, -0.1) is 0 Å². The molecule has 0 radical (unpaired) electrons. The van der Waals surface area contributed by atoms with E-state index in [0.717, 1.165) is 30.2 Å². The summed E-state index contributed by atoms with van der Waals surface area (Å²) in [5.41, 5.74) is -0.422. The van der Waals surface area contributed by atoms with Crippen LogP contribution >= 0.6 is 11.8 Å². The molecule has 1 aliphatic heterocycles. The van der Waals surface area contributed by atoms with Crippen LogP contribution in [0.5, 0.6) is 0 Å². The molecule has 108 valence electrons. The lowest BCUT2D eigenvalue weighted by atomic mass is 10.2. The Hall–Kier alpha value is -1.67. The zero-order chi connectivity index (χ0) is 14.5. The Morgan fingerprint density at radius 3 is 3.05 bits per heavy atom. The first-order valence-electron chi connectivity index (χ1n) is 6.11. The van der Waals surface area contributed by atoms with E-state index in [4.69, 9.17) is 0 Å². The first-order chi connectivity index (χ1) is 9.56. The molecule has 1 aromatic rings. The molecule has 1 saturated heterocycles. The van der Waals surface area contributed by atoms with Crippen LogP contribution in [0.3, 0.4) is 0 Å². The monoisotopic (exact) mass is 299 g/mol. The second-order valence-corrected chi connectivity index (χ2v) is 5.55. The van der Waals surface area contributed by atoms with E-state index in [0.29, 0.717) is 0 Å². The quantitative estimate of drug-likeness (QED) is 0.654. The highest BCUT2D eigenvalue weighted by molar-refractivity contribution is 7.99. The van der Waals surface area contributed by atoms with Crippen LogP contribution in [0.2, 0.25) is 0 Å². The van der Waals surface area contributed by atoms with Gasteiger partial charge >= 0.3 is 0 Å². The van der Waals surface area contributed by atoms with Gasteiger partial charge in [0.15, 0.2) is 0 Å². The number of thioether (sulfide) groups is 1. The molecular weight excluding hydrogens is 285 g/mol. The summed E-state index contributed by atoms with van der Waals surface area (Å²) >= 11 is 1.76. The number of carbonyl (C=O) groups excluding carboxylic acids is 1. The number of rotatable bonds is 4. The van der Waals surface area contributed by atoms with Gasteiger partial charge in [0.05, 0.1) is 11.0 Å². The van der Waals surface area contributed by atoms with Crippen LogP contribution in [-0.4, -0.2) is 34.9 Å². The molecule has 1 heterocycles. The van der Waals surface area contributed by atoms with Gasteiger partial charge in [-0.3, -0.25) is 14.9 Å². The van der Waals surface area contributed by atoms with E-state index < -0.39 is 16.4 Å². The van der Waals surface area contributed by atoms with Crippen LogP contribution in [0, 0.1) is 15.9 Å². The molecule has 0 aromatic heterocycles. The van der Waals surface area contributed by atoms with Gasteiger partial charge in [-0.2, -0.15) is 11.8 Å². The van der Waals surface area contributed by atoms with Gasteiger partial charge in [0.25, 0.3) is 5.69 Å². The molecule has 0 aliphatic carbocycles. The van der Waals surface area contributed by atoms with Gasteiger partial charge in [-0.25, -0.2) is 4.39 Å². The maximum absolute atomic E-state index is 13.0. The number of hydrogen-bond acceptors (Lipinski definition) is 5. The van der Waals surface area contributed by atoms with Crippen molar-refractivity contribution in [3.8, 4) is 0 Å². The van der Waals surface area contributed by atoms with Crippen molar-refractivity contribution in [2.24, 2.45) is 0 Å². The van der Waals surface area contributed by atoms with E-state index in [9.17, 15) is 19.3 Å². The van der Waals surface area contributed by atoms with Gasteiger partial charge in [0.2, 0.25) is 5.91 Å². The number of anilines is 1. The second-order valence-electron chi connectivity index (χ2n) is 4.40. The van der Waals surface area contributed by atoms with Crippen LogP contribution in [0.25, 0.3) is 0 Å². The molecule has 1 fully saturated rings. The molecule has 1 atom stereocenters. The summed E-state index contributed by atoms with van der Waals surface area (Å²) in [6.45, 7) is 0.847. The first kappa shape index (κ1) is 14.7. The minimum Gasteiger partial charge on any atom is -0.320 e. The zero-order valence-corrected chi connectivity index (χ0v) is 11.4. The molecule has 1 unspecified atom stereocenters. The molecule has 2 N–H and O–H groups in total. The maximum Gasteiger partial charge on any atom is 0.295 e. The highest BCUT2D eigenvalue weighted by Crippen LogP contribution is 2.25. The SMILES string of the molecule is O=C(CC1CSCCN1)Nc1ccc(F)cc1[N+](=O)[O-]. The number of nitro benzene ring substituents is 1. The van der Waals surface area contributed by atoms with Crippen LogP contribution in [0.15, 0.2) is 18.2 Å². The topological polar surface area (TPSA) is 84.3 Å². The highest BCUT2D eigenvalue weighted by atomic mass is 32.2. The Morgan fingerprint density at radius 1 is 1.60 bits per heavy atom. The summed E-state index contributed by atoms with van der Waals surface area (Å²) in [6.07, 6.45) is 0.238. The number of nitrogens with one attached hydrogen (secondary N) is 2. The molecule has 20 heavy (non-hydrogen) atoms. The van der Waals surface area contributed by atoms with E-state index in [-0.39, 0.29) is 24.1 Å². The number of nitro groups is 1. The fourth-order valence-electron chi connectivity index (χ4n) is 1.94. The molecule has 1 aliphatic rings. The van der Waals surface area contributed by atoms with Crippen LogP contribution in [0.4, 0.5) is 15.8 Å². The highest BCUT2D eigenvalue weighted by Gasteiger charge is 2.20. The third kappa shape index (κ3) is 3.91. The minimum absolute atomic E-state index is 0.0184. The standard InChI is InChI=1S/C12H14FN3O3S/c13-8-1-2-10(11(5-8)16(18)19)15-12(17)6-9-7-20-4-3-14-9/h1-2,5,9,14H,3-4,6-7H2,(H,15,17). The molecule has 6 nitrogen and oxygen atoms in total. The van der Waals surface area contributed by atoms with E-state index in [1.54, 1.807) is 11.8 Å². The lowest BCUT2D eigenvalue weighted by Crippen LogP contribution is -2.39. The second kappa shape index (κ2) is 6.67. The smallest absolute Gasteiger partial charge is 0.295 e. The van der Waals surface area contributed by atoms with E-state index in [1.165, 1.54) is 6.07 Å². The lowest BCUT2D eigenvalue weighted by molar-refractivity contribution is -0.384. The molecular formula is C12H14FN3O3S. The summed E-state index contributed by atoms with van der Waals surface area (Å²) in [6, 6.07) is 3.14. The third-order valence-corrected chi connectivity index (χ3v) is 3.99. The number of amides is 1. The predicted molar refractivity (Wildman–Crippen MR) is 75.4 cm³/mol. The van der Waals surface area contributed by atoms with Crippen molar-refractivity contribution in [3.05, 3.63) is 34.1 Å². The fourth-order valence-corrected chi connectivity index (χ4v) is 2.89. The molecule has 2 rings (SSSR count). The van der Waals surface area contributed by atoms with Crippen molar-refractivity contribution < 1.29 is 14.1 Å². The molecule has 0 bridgehead atoms. The summed E-state index contributed by atoms with van der Waals surface area (Å²) < 4.78 is 13.0. The van der Waals surface area contributed by atoms with Gasteiger partial charge < -0.3 is 10.6 Å². The third-order valence-electron chi connectivity index (χ3n) is 2.86. The number of hydrogen-bond donors (Lipinski definition) is 2. The first-order valence-corrected chi connectivity index (χ1v) is 7.26. The van der Waals surface area contributed by atoms with Crippen molar-refractivity contribution in [2.75, 3.05) is 23.4 Å². The Labute approximate surface area is 119 Å². The minimum atomic E-state index is -0.715. The van der Waals surface area contributed by atoms with E-state index in [2.05, 4.69) is 10.6 Å². The Bertz CT molecular complexity index is 521. The zero-order valence-electron chi connectivity index (χ0n) is 10.6. The maximum atomic E-state index is 13.0. The summed E-state index contributed by atoms with van der Waals surface area (Å²) in [7, 11) is 0.